The molecule has 1 atom stereocenters. The van der Waals surface area contributed by atoms with Crippen LogP contribution in [0, 0.1) is 16.0 Å². The highest BCUT2D eigenvalue weighted by atomic mass is 32.2. The van der Waals surface area contributed by atoms with Crippen LogP contribution in [0.25, 0.3) is 11.4 Å². The molecule has 11 heteroatoms. The Morgan fingerprint density at radius 2 is 1.86 bits per heavy atom. The maximum Gasteiger partial charge on any atom is 0.293 e. The first kappa shape index (κ1) is 20.4. The molecule has 2 heterocycles. The lowest BCUT2D eigenvalue weighted by atomic mass is 10.0. The Morgan fingerprint density at radius 1 is 1.17 bits per heavy atom. The van der Waals surface area contributed by atoms with E-state index in [0.29, 0.717) is 5.82 Å². The Labute approximate surface area is 167 Å². The molecule has 152 valence electrons. The summed E-state index contributed by atoms with van der Waals surface area (Å²) in [5.41, 5.74) is 0.526. The molecule has 1 aromatic carbocycles. The number of rotatable bonds is 7. The molecule has 0 aliphatic heterocycles. The normalized spacial score (nSPS) is 12.7. The van der Waals surface area contributed by atoms with Crippen LogP contribution in [0.15, 0.2) is 52.1 Å². The summed E-state index contributed by atoms with van der Waals surface area (Å²) >= 11 is 0. The first-order valence-corrected chi connectivity index (χ1v) is 10.5. The minimum absolute atomic E-state index is 0.0603. The monoisotopic (exact) mass is 417 g/mol. The maximum absolute atomic E-state index is 11.7. The standard InChI is InChI=1S/C18H19N5O5S/c1-11(2)16(18-21-17(22-28-18)12-6-8-19-9-7-12)20-14-5-4-13(29(3,26)27)10-15(14)23(24)25/h4-11,16,20H,1-3H3. The highest BCUT2D eigenvalue weighted by Crippen LogP contribution is 2.33. The van der Waals surface area contributed by atoms with Gasteiger partial charge in [0.2, 0.25) is 11.7 Å². The van der Waals surface area contributed by atoms with Gasteiger partial charge in [0.25, 0.3) is 5.69 Å². The van der Waals surface area contributed by atoms with Crippen LogP contribution in [-0.4, -0.2) is 34.7 Å². The van der Waals surface area contributed by atoms with Crippen LogP contribution in [0.4, 0.5) is 11.4 Å². The van der Waals surface area contributed by atoms with Crippen LogP contribution in [0.5, 0.6) is 0 Å². The van der Waals surface area contributed by atoms with E-state index in [1.807, 2.05) is 13.8 Å². The van der Waals surface area contributed by atoms with Gasteiger partial charge < -0.3 is 9.84 Å². The summed E-state index contributed by atoms with van der Waals surface area (Å²) < 4.78 is 28.8. The minimum atomic E-state index is -3.58. The predicted molar refractivity (Wildman–Crippen MR) is 105 cm³/mol. The van der Waals surface area contributed by atoms with E-state index in [1.165, 1.54) is 12.1 Å². The van der Waals surface area contributed by atoms with Crippen LogP contribution in [0.3, 0.4) is 0 Å². The van der Waals surface area contributed by atoms with E-state index in [9.17, 15) is 18.5 Å². The lowest BCUT2D eigenvalue weighted by Gasteiger charge is -2.19. The quantitative estimate of drug-likeness (QED) is 0.453. The second kappa shape index (κ2) is 7.95. The lowest BCUT2D eigenvalue weighted by molar-refractivity contribution is -0.384. The summed E-state index contributed by atoms with van der Waals surface area (Å²) in [6.45, 7) is 3.79. The van der Waals surface area contributed by atoms with Gasteiger partial charge in [-0.05, 0) is 30.2 Å². The number of sulfone groups is 1. The number of hydrogen-bond donors (Lipinski definition) is 1. The molecule has 3 rings (SSSR count). The van der Waals surface area contributed by atoms with Crippen molar-refractivity contribution in [2.24, 2.45) is 5.92 Å². The van der Waals surface area contributed by atoms with Gasteiger partial charge in [0.1, 0.15) is 11.7 Å². The summed E-state index contributed by atoms with van der Waals surface area (Å²) in [5.74, 6) is 0.569. The summed E-state index contributed by atoms with van der Waals surface area (Å²) in [6, 6.07) is 6.66. The van der Waals surface area contributed by atoms with E-state index in [-0.39, 0.29) is 28.1 Å². The molecule has 2 aromatic heterocycles. The van der Waals surface area contributed by atoms with Gasteiger partial charge in [0, 0.05) is 30.3 Å². The molecule has 0 saturated heterocycles. The maximum atomic E-state index is 11.7. The molecule has 0 fully saturated rings. The van der Waals surface area contributed by atoms with Crippen LogP contribution in [-0.2, 0) is 9.84 Å². The largest absolute Gasteiger partial charge is 0.368 e. The molecular weight excluding hydrogens is 398 g/mol. The van der Waals surface area contributed by atoms with Crippen molar-refractivity contribution in [3.8, 4) is 11.4 Å². The highest BCUT2D eigenvalue weighted by molar-refractivity contribution is 7.90. The molecule has 29 heavy (non-hydrogen) atoms. The van der Waals surface area contributed by atoms with Gasteiger partial charge in [-0.2, -0.15) is 4.98 Å². The molecule has 0 aliphatic rings. The summed E-state index contributed by atoms with van der Waals surface area (Å²) in [5, 5.41) is 18.5. The third-order valence-electron chi connectivity index (χ3n) is 4.22. The van der Waals surface area contributed by atoms with Crippen molar-refractivity contribution in [1.82, 2.24) is 15.1 Å². The molecule has 10 nitrogen and oxygen atoms in total. The zero-order chi connectivity index (χ0) is 21.2. The molecule has 0 amide bonds. The van der Waals surface area contributed by atoms with Crippen LogP contribution in [0.1, 0.15) is 25.8 Å². The zero-order valence-electron chi connectivity index (χ0n) is 15.9. The third-order valence-corrected chi connectivity index (χ3v) is 5.33. The Morgan fingerprint density at radius 3 is 2.45 bits per heavy atom. The van der Waals surface area contributed by atoms with Gasteiger partial charge in [-0.25, -0.2) is 8.42 Å². The van der Waals surface area contributed by atoms with Crippen LogP contribution in [0.2, 0.25) is 0 Å². The number of nitrogens with zero attached hydrogens (tertiary/aromatic N) is 4. The highest BCUT2D eigenvalue weighted by Gasteiger charge is 2.27. The van der Waals surface area contributed by atoms with E-state index < -0.39 is 20.8 Å². The number of nitro groups is 1. The van der Waals surface area contributed by atoms with Gasteiger partial charge in [-0.1, -0.05) is 19.0 Å². The Bertz CT molecular complexity index is 1130. The first-order chi connectivity index (χ1) is 13.7. The molecule has 1 unspecified atom stereocenters. The number of hydrogen-bond acceptors (Lipinski definition) is 9. The van der Waals surface area contributed by atoms with Crippen LogP contribution < -0.4 is 5.32 Å². The van der Waals surface area contributed by atoms with E-state index >= 15 is 0 Å². The van der Waals surface area contributed by atoms with E-state index in [0.717, 1.165) is 17.9 Å². The molecule has 1 N–H and O–H groups in total. The average Bonchev–Trinajstić information content (AvgIpc) is 3.15. The molecule has 0 bridgehead atoms. The number of benzene rings is 1. The van der Waals surface area contributed by atoms with Gasteiger partial charge in [-0.15, -0.1) is 0 Å². The molecule has 0 spiro atoms. The minimum Gasteiger partial charge on any atom is -0.368 e. The lowest BCUT2D eigenvalue weighted by Crippen LogP contribution is -2.18. The average molecular weight is 417 g/mol. The van der Waals surface area contributed by atoms with E-state index in [2.05, 4.69) is 20.4 Å². The molecule has 0 aliphatic carbocycles. The number of pyridine rings is 1. The Kier molecular flexibility index (Phi) is 5.59. The fraction of sp³-hybridized carbons (Fsp3) is 0.278. The van der Waals surface area contributed by atoms with E-state index in [1.54, 1.807) is 24.5 Å². The SMILES string of the molecule is CC(C)C(Nc1ccc(S(C)(=O)=O)cc1[N+](=O)[O-])c1nc(-c2ccncc2)no1. The molecular formula is C18H19N5O5S. The van der Waals surface area contributed by atoms with Crippen molar-refractivity contribution in [2.45, 2.75) is 24.8 Å². The Hall–Kier alpha value is -3.34. The van der Waals surface area contributed by atoms with Crippen LogP contribution >= 0.6 is 0 Å². The fourth-order valence-corrected chi connectivity index (χ4v) is 3.32. The van der Waals surface area contributed by atoms with E-state index in [4.69, 9.17) is 4.52 Å². The third kappa shape index (κ3) is 4.57. The van der Waals surface area contributed by atoms with Gasteiger partial charge in [0.15, 0.2) is 9.84 Å². The first-order valence-electron chi connectivity index (χ1n) is 8.66. The van der Waals surface area contributed by atoms with Crippen molar-refractivity contribution in [3.05, 3.63) is 58.7 Å². The number of aromatic nitrogens is 3. The zero-order valence-corrected chi connectivity index (χ0v) is 16.8. The molecule has 0 saturated carbocycles. The number of nitro benzene ring substituents is 1. The number of nitrogens with one attached hydrogen (secondary N) is 1. The summed E-state index contributed by atoms with van der Waals surface area (Å²) in [7, 11) is -3.58. The van der Waals surface area contributed by atoms with Crippen molar-refractivity contribution in [1.29, 1.82) is 0 Å². The summed E-state index contributed by atoms with van der Waals surface area (Å²) in [6.07, 6.45) is 4.21. The molecule has 3 aromatic rings. The second-order valence-electron chi connectivity index (χ2n) is 6.77. The van der Waals surface area contributed by atoms with Gasteiger partial charge in [-0.3, -0.25) is 15.1 Å². The van der Waals surface area contributed by atoms with Crippen molar-refractivity contribution >= 4 is 21.2 Å². The van der Waals surface area contributed by atoms with Crippen molar-refractivity contribution in [3.63, 3.8) is 0 Å². The van der Waals surface area contributed by atoms with Gasteiger partial charge >= 0.3 is 0 Å². The topological polar surface area (TPSA) is 141 Å². The van der Waals surface area contributed by atoms with Gasteiger partial charge in [0.05, 0.1) is 9.82 Å². The molecule has 0 radical (unpaired) electrons. The van der Waals surface area contributed by atoms with Crippen molar-refractivity contribution < 1.29 is 17.9 Å². The number of anilines is 1. The van der Waals surface area contributed by atoms with Crippen molar-refractivity contribution in [2.75, 3.05) is 11.6 Å². The Balaban J connectivity index is 1.96. The summed E-state index contributed by atoms with van der Waals surface area (Å²) in [4.78, 5) is 19.1. The predicted octanol–water partition coefficient (Wildman–Crippen LogP) is 3.25. The second-order valence-corrected chi connectivity index (χ2v) is 8.78. The smallest absolute Gasteiger partial charge is 0.293 e. The fourth-order valence-electron chi connectivity index (χ4n) is 2.68.